The SMILES string of the molecule is [2H]c1c([2H])c2c3c(c1[2H])-n1c4c([2H])c([2H])c([2H])c([2H])c4c4c([2H])c([2H])c([2H])c(c41)N3c1c([2H])c(C)c([2H])c3c1B2c1oc2c([2H])c([2H])c(C(C)(C)C)c([2H])c2c1N3c1c([2H])c([2H])c2oc3c([2H])c([2H])c([2H])c([2H])c3c2c1[2H]. The third-order valence-electron chi connectivity index (χ3n) is 10.7. The summed E-state index contributed by atoms with van der Waals surface area (Å²) in [5, 5.41) is -1.35. The minimum absolute atomic E-state index is 0.0486. The van der Waals surface area contributed by atoms with Gasteiger partial charge < -0.3 is 23.2 Å². The highest BCUT2D eigenvalue weighted by atomic mass is 16.3. The van der Waals surface area contributed by atoms with E-state index in [0.717, 1.165) is 0 Å². The van der Waals surface area contributed by atoms with Gasteiger partial charge in [0, 0.05) is 44.0 Å². The highest BCUT2D eigenvalue weighted by Gasteiger charge is 2.49. The Morgan fingerprint density at radius 2 is 1.27 bits per heavy atom. The molecule has 3 aromatic heterocycles. The van der Waals surface area contributed by atoms with Gasteiger partial charge in [0.15, 0.2) is 0 Å². The Bertz CT molecular complexity index is 4630. The second-order valence-electron chi connectivity index (χ2n) is 14.8. The standard InChI is InChI=1S/C49H34BN3O2/c1-27-23-39-44-40(24-27)53-37-16-9-13-32-30-11-5-7-15-36(30)52(45(32)37)38-17-10-14-35(47(38)53)50(44)48-46(34-25-28(49(2,3)4)19-21-43(34)55-48)51(39)29-20-22-42-33(26-29)31-12-6-8-18-41(31)54-42/h5-26H,1-4H3/i5D,6D,7D,8D,9D,10D,11D,12D,13D,14D,15D,16D,17D,18D,19D,20D,21D,22D,23D,24D,25D,26D. The average Bonchev–Trinajstić information content (AvgIpc) is 4.34. The van der Waals surface area contributed by atoms with Crippen LogP contribution in [0.2, 0.25) is 0 Å². The molecule has 0 fully saturated rings. The number of nitrogens with zero attached hydrogens (tertiary/aromatic N) is 3. The summed E-state index contributed by atoms with van der Waals surface area (Å²) in [5.41, 5.74) is -5.54. The van der Waals surface area contributed by atoms with E-state index in [9.17, 15) is 20.6 Å². The van der Waals surface area contributed by atoms with Crippen LogP contribution in [0.3, 0.4) is 0 Å². The normalized spacial score (nSPS) is 19.7. The van der Waals surface area contributed by atoms with E-state index >= 15 is 0 Å². The second kappa shape index (κ2) is 9.90. The molecule has 13 rings (SSSR count). The molecule has 0 unspecified atom stereocenters. The van der Waals surface area contributed by atoms with Crippen molar-refractivity contribution in [2.24, 2.45) is 0 Å². The lowest BCUT2D eigenvalue weighted by atomic mass is 9.35. The Morgan fingerprint density at radius 3 is 2.15 bits per heavy atom. The van der Waals surface area contributed by atoms with Crippen LogP contribution in [0.25, 0.3) is 60.4 Å². The lowest BCUT2D eigenvalue weighted by Gasteiger charge is -2.44. The Kier molecular flexibility index (Phi) is 2.88. The lowest BCUT2D eigenvalue weighted by molar-refractivity contribution is 0.590. The van der Waals surface area contributed by atoms with Crippen LogP contribution in [-0.4, -0.2) is 11.3 Å². The van der Waals surface area contributed by atoms with Crippen molar-refractivity contribution in [3.63, 3.8) is 0 Å². The predicted octanol–water partition coefficient (Wildman–Crippen LogP) is 11.4. The van der Waals surface area contributed by atoms with Gasteiger partial charge in [0.2, 0.25) is 0 Å². The highest BCUT2D eigenvalue weighted by Crippen LogP contribution is 2.53. The third kappa shape index (κ3) is 3.65. The van der Waals surface area contributed by atoms with Crippen molar-refractivity contribution in [2.75, 3.05) is 9.80 Å². The summed E-state index contributed by atoms with van der Waals surface area (Å²) in [7, 11) is 0. The molecule has 0 spiro atoms. The van der Waals surface area contributed by atoms with Crippen LogP contribution >= 0.6 is 0 Å². The molecule has 0 bridgehead atoms. The number of para-hydroxylation sites is 4. The van der Waals surface area contributed by atoms with Crippen LogP contribution in [0.4, 0.5) is 34.1 Å². The zero-order valence-electron chi connectivity index (χ0n) is 51.2. The van der Waals surface area contributed by atoms with Crippen LogP contribution in [-0.2, 0) is 5.41 Å². The van der Waals surface area contributed by atoms with Crippen molar-refractivity contribution in [3.8, 4) is 5.69 Å². The van der Waals surface area contributed by atoms with Gasteiger partial charge in [0.25, 0.3) is 6.71 Å². The van der Waals surface area contributed by atoms with E-state index in [2.05, 4.69) is 0 Å². The maximum absolute atomic E-state index is 10.1. The van der Waals surface area contributed by atoms with Crippen LogP contribution in [0.1, 0.15) is 62.1 Å². The fourth-order valence-electron chi connectivity index (χ4n) is 8.39. The molecule has 3 aliphatic rings. The monoisotopic (exact) mass is 729 g/mol. The number of benzene rings is 7. The molecule has 7 aromatic carbocycles. The van der Waals surface area contributed by atoms with Crippen molar-refractivity contribution in [1.29, 1.82) is 0 Å². The highest BCUT2D eigenvalue weighted by molar-refractivity contribution is 7.00. The molecule has 0 saturated heterocycles. The fraction of sp³-hybridized carbons (Fsp3) is 0.102. The first kappa shape index (κ1) is 16.0. The number of hydrogen-bond acceptors (Lipinski definition) is 4. The minimum atomic E-state index is -1.63. The fourth-order valence-corrected chi connectivity index (χ4v) is 8.39. The topological polar surface area (TPSA) is 37.7 Å². The Hall–Kier alpha value is -6.66. The summed E-state index contributed by atoms with van der Waals surface area (Å²) in [6.45, 7) is 4.92. The van der Waals surface area contributed by atoms with Crippen LogP contribution in [0.5, 0.6) is 0 Å². The quantitative estimate of drug-likeness (QED) is 0.158. The van der Waals surface area contributed by atoms with Crippen LogP contribution in [0.15, 0.2) is 142 Å². The average molecular weight is 730 g/mol. The van der Waals surface area contributed by atoms with Gasteiger partial charge in [-0.2, -0.15) is 0 Å². The summed E-state index contributed by atoms with van der Waals surface area (Å²) in [5.74, 6) is 0. The molecule has 3 aliphatic heterocycles. The minimum Gasteiger partial charge on any atom is -0.468 e. The second-order valence-corrected chi connectivity index (χ2v) is 14.8. The maximum atomic E-state index is 10.1. The molecule has 5 nitrogen and oxygen atoms in total. The number of aromatic nitrogens is 1. The molecule has 0 amide bonds. The summed E-state index contributed by atoms with van der Waals surface area (Å²) in [6, 6.07) is -13.7. The van der Waals surface area contributed by atoms with Crippen LogP contribution < -0.4 is 26.4 Å². The molecule has 6 heteroatoms. The van der Waals surface area contributed by atoms with Gasteiger partial charge in [-0.3, -0.25) is 0 Å². The van der Waals surface area contributed by atoms with E-state index in [0.29, 0.717) is 0 Å². The van der Waals surface area contributed by atoms with E-state index in [-0.39, 0.29) is 111 Å². The van der Waals surface area contributed by atoms with Crippen molar-refractivity contribution in [3.05, 3.63) is 144 Å². The van der Waals surface area contributed by atoms with Crippen molar-refractivity contribution >= 4 is 112 Å². The molecule has 55 heavy (non-hydrogen) atoms. The van der Waals surface area contributed by atoms with Gasteiger partial charge >= 0.3 is 0 Å². The number of hydrogen-bond donors (Lipinski definition) is 0. The van der Waals surface area contributed by atoms with Gasteiger partial charge in [-0.05, 0) is 101 Å². The number of anilines is 6. The molecular formula is C49H34BN3O2. The first-order valence-electron chi connectivity index (χ1n) is 28.4. The van der Waals surface area contributed by atoms with E-state index in [1.807, 2.05) is 0 Å². The molecule has 0 atom stereocenters. The number of rotatable bonds is 1. The zero-order chi connectivity index (χ0) is 55.6. The first-order chi connectivity index (χ1) is 36.0. The Morgan fingerprint density at radius 1 is 0.564 bits per heavy atom. The molecule has 260 valence electrons. The predicted molar refractivity (Wildman–Crippen MR) is 229 cm³/mol. The molecule has 10 aromatic rings. The van der Waals surface area contributed by atoms with Crippen molar-refractivity contribution in [2.45, 2.75) is 33.1 Å². The van der Waals surface area contributed by atoms with Crippen molar-refractivity contribution < 1.29 is 39.0 Å². The van der Waals surface area contributed by atoms with Crippen molar-refractivity contribution in [1.82, 2.24) is 4.57 Å². The van der Waals surface area contributed by atoms with Gasteiger partial charge in [-0.25, -0.2) is 0 Å². The third-order valence-corrected chi connectivity index (χ3v) is 10.7. The number of furan rings is 2. The molecular weight excluding hydrogens is 673 g/mol. The van der Waals surface area contributed by atoms with Gasteiger partial charge in [-0.1, -0.05) is 87.2 Å². The van der Waals surface area contributed by atoms with Crippen LogP contribution in [0, 0.1) is 6.92 Å². The summed E-state index contributed by atoms with van der Waals surface area (Å²) in [6.07, 6.45) is 0. The van der Waals surface area contributed by atoms with Gasteiger partial charge in [-0.15, -0.1) is 0 Å². The summed E-state index contributed by atoms with van der Waals surface area (Å²) < 4.78 is 220. The molecule has 0 saturated carbocycles. The van der Waals surface area contributed by atoms with Gasteiger partial charge in [0.1, 0.15) is 16.7 Å². The zero-order valence-corrected chi connectivity index (χ0v) is 29.2. The summed E-state index contributed by atoms with van der Waals surface area (Å²) >= 11 is 0. The molecule has 6 heterocycles. The van der Waals surface area contributed by atoms with Gasteiger partial charge in [0.05, 0.1) is 69.6 Å². The first-order valence-corrected chi connectivity index (χ1v) is 17.4. The Balaban J connectivity index is 1.31. The smallest absolute Gasteiger partial charge is 0.297 e. The largest absolute Gasteiger partial charge is 0.468 e. The summed E-state index contributed by atoms with van der Waals surface area (Å²) in [4.78, 5) is 2.45. The molecule has 0 aliphatic carbocycles. The Labute approximate surface area is 348 Å². The molecule has 0 radical (unpaired) electrons. The van der Waals surface area contributed by atoms with E-state index in [1.54, 1.807) is 20.8 Å². The van der Waals surface area contributed by atoms with E-state index in [4.69, 9.17) is 18.4 Å². The maximum Gasteiger partial charge on any atom is 0.297 e. The number of fused-ring (bicyclic) bond motifs is 14. The lowest BCUT2D eigenvalue weighted by Crippen LogP contribution is -2.61. The van der Waals surface area contributed by atoms with E-state index in [1.165, 1.54) is 21.3 Å². The van der Waals surface area contributed by atoms with E-state index < -0.39 is 156 Å². The molecule has 0 N–H and O–H groups in total.